The summed E-state index contributed by atoms with van der Waals surface area (Å²) in [5.74, 6) is -0.0549. The number of hydrogen-bond donors (Lipinski definition) is 0. The predicted molar refractivity (Wildman–Crippen MR) is 109 cm³/mol. The highest BCUT2D eigenvalue weighted by atomic mass is 32.2. The van der Waals surface area contributed by atoms with Crippen LogP contribution >= 0.6 is 0 Å². The lowest BCUT2D eigenvalue weighted by Gasteiger charge is -2.32. The molecular formula is C22H22N2O3S. The minimum atomic E-state index is -3.36. The lowest BCUT2D eigenvalue weighted by Crippen LogP contribution is -2.42. The summed E-state index contributed by atoms with van der Waals surface area (Å²) in [6.45, 7) is 2.89. The minimum absolute atomic E-state index is 0.0549. The van der Waals surface area contributed by atoms with E-state index < -0.39 is 15.1 Å². The third kappa shape index (κ3) is 3.40. The molecule has 0 spiro atoms. The summed E-state index contributed by atoms with van der Waals surface area (Å²) < 4.78 is 25.6. The normalized spacial score (nSPS) is 15.7. The first kappa shape index (κ1) is 18.6. The molecule has 2 aromatic carbocycles. The van der Waals surface area contributed by atoms with Gasteiger partial charge < -0.3 is 4.90 Å². The second kappa shape index (κ2) is 7.36. The fraction of sp³-hybridized carbons (Fsp3) is 0.273. The molecule has 0 radical (unpaired) electrons. The zero-order valence-electron chi connectivity index (χ0n) is 15.7. The second-order valence-electron chi connectivity index (χ2n) is 7.21. The summed E-state index contributed by atoms with van der Waals surface area (Å²) in [6.07, 6.45) is 2.67. The molecule has 4 rings (SSSR count). The molecule has 6 heteroatoms. The van der Waals surface area contributed by atoms with E-state index in [4.69, 9.17) is 0 Å². The Bertz CT molecular complexity index is 1120. The molecular weight excluding hydrogens is 372 g/mol. The van der Waals surface area contributed by atoms with Crippen molar-refractivity contribution in [2.24, 2.45) is 0 Å². The largest absolute Gasteiger partial charge is 0.339 e. The molecule has 3 aromatic rings. The molecule has 1 aliphatic heterocycles. The van der Waals surface area contributed by atoms with Gasteiger partial charge >= 0.3 is 0 Å². The van der Waals surface area contributed by atoms with Crippen molar-refractivity contribution in [1.82, 2.24) is 9.88 Å². The third-order valence-corrected chi connectivity index (χ3v) is 7.72. The lowest BCUT2D eigenvalue weighted by atomic mass is 10.0. The number of piperidine rings is 1. The number of aromatic nitrogens is 1. The van der Waals surface area contributed by atoms with Gasteiger partial charge in [0.15, 0.2) is 9.84 Å². The first-order valence-electron chi connectivity index (χ1n) is 9.40. The summed E-state index contributed by atoms with van der Waals surface area (Å²) >= 11 is 0. The van der Waals surface area contributed by atoms with Gasteiger partial charge in [-0.25, -0.2) is 8.42 Å². The number of benzene rings is 2. The smallest absolute Gasteiger partial charge is 0.253 e. The first-order chi connectivity index (χ1) is 13.5. The number of nitrogens with zero attached hydrogens (tertiary/aromatic N) is 2. The van der Waals surface area contributed by atoms with Crippen molar-refractivity contribution in [2.75, 3.05) is 13.1 Å². The molecule has 1 saturated heterocycles. The average molecular weight is 394 g/mol. The first-order valence-corrected chi connectivity index (χ1v) is 10.9. The molecule has 28 heavy (non-hydrogen) atoms. The molecule has 1 aromatic heterocycles. The molecule has 2 heterocycles. The third-order valence-electron chi connectivity index (χ3n) is 5.45. The van der Waals surface area contributed by atoms with E-state index in [1.165, 1.54) is 0 Å². The Morgan fingerprint density at radius 3 is 2.46 bits per heavy atom. The Hall–Kier alpha value is -2.73. The van der Waals surface area contributed by atoms with Gasteiger partial charge in [0, 0.05) is 30.2 Å². The van der Waals surface area contributed by atoms with Crippen LogP contribution in [0, 0.1) is 6.92 Å². The number of aryl methyl sites for hydroxylation is 1. The van der Waals surface area contributed by atoms with E-state index in [9.17, 15) is 13.2 Å². The SMILES string of the molecule is Cc1ccnc2ccc(C(=O)N3CCC(S(=O)(=O)c4ccccc4)CC3)cc12. The summed E-state index contributed by atoms with van der Waals surface area (Å²) in [6, 6.07) is 16.0. The standard InChI is InChI=1S/C22H22N2O3S/c1-16-9-12-23-21-8-7-17(15-20(16)21)22(25)24-13-10-19(11-14-24)28(26,27)18-5-3-2-4-6-18/h2-9,12,15,19H,10-11,13-14H2,1H3. The van der Waals surface area contributed by atoms with Gasteiger partial charge in [-0.15, -0.1) is 0 Å². The van der Waals surface area contributed by atoms with Crippen molar-refractivity contribution in [3.63, 3.8) is 0 Å². The second-order valence-corrected chi connectivity index (χ2v) is 9.44. The summed E-state index contributed by atoms with van der Waals surface area (Å²) in [5.41, 5.74) is 2.56. The van der Waals surface area contributed by atoms with E-state index in [1.807, 2.05) is 25.1 Å². The molecule has 144 valence electrons. The van der Waals surface area contributed by atoms with Crippen molar-refractivity contribution in [1.29, 1.82) is 0 Å². The summed E-state index contributed by atoms with van der Waals surface area (Å²) in [7, 11) is -3.36. The van der Waals surface area contributed by atoms with Crippen LogP contribution in [0.5, 0.6) is 0 Å². The van der Waals surface area contributed by atoms with E-state index >= 15 is 0 Å². The quantitative estimate of drug-likeness (QED) is 0.680. The van der Waals surface area contributed by atoms with Gasteiger partial charge in [0.1, 0.15) is 0 Å². The van der Waals surface area contributed by atoms with Crippen molar-refractivity contribution >= 4 is 26.6 Å². The highest BCUT2D eigenvalue weighted by molar-refractivity contribution is 7.92. The van der Waals surface area contributed by atoms with Gasteiger partial charge in [0.25, 0.3) is 5.91 Å². The lowest BCUT2D eigenvalue weighted by molar-refractivity contribution is 0.0726. The zero-order valence-corrected chi connectivity index (χ0v) is 16.5. The van der Waals surface area contributed by atoms with E-state index in [2.05, 4.69) is 4.98 Å². The van der Waals surface area contributed by atoms with Crippen LogP contribution < -0.4 is 0 Å². The molecule has 0 aliphatic carbocycles. The molecule has 1 fully saturated rings. The number of pyridine rings is 1. The van der Waals surface area contributed by atoms with Crippen LogP contribution in [-0.2, 0) is 9.84 Å². The number of likely N-dealkylation sites (tertiary alicyclic amines) is 1. The van der Waals surface area contributed by atoms with Crippen LogP contribution in [0.25, 0.3) is 10.9 Å². The van der Waals surface area contributed by atoms with E-state index in [0.29, 0.717) is 36.4 Å². The van der Waals surface area contributed by atoms with E-state index in [-0.39, 0.29) is 5.91 Å². The van der Waals surface area contributed by atoms with E-state index in [1.54, 1.807) is 47.5 Å². The van der Waals surface area contributed by atoms with Crippen LogP contribution in [0.2, 0.25) is 0 Å². The number of carbonyl (C=O) groups excluding carboxylic acids is 1. The summed E-state index contributed by atoms with van der Waals surface area (Å²) in [4.78, 5) is 19.4. The highest BCUT2D eigenvalue weighted by Crippen LogP contribution is 2.26. The van der Waals surface area contributed by atoms with Crippen molar-refractivity contribution in [3.8, 4) is 0 Å². The van der Waals surface area contributed by atoms with Crippen molar-refractivity contribution in [2.45, 2.75) is 29.9 Å². The highest BCUT2D eigenvalue weighted by Gasteiger charge is 2.32. The predicted octanol–water partition coefficient (Wildman–Crippen LogP) is 3.62. The van der Waals surface area contributed by atoms with Gasteiger partial charge in [-0.2, -0.15) is 0 Å². The van der Waals surface area contributed by atoms with Crippen molar-refractivity contribution < 1.29 is 13.2 Å². The Kier molecular flexibility index (Phi) is 4.89. The van der Waals surface area contributed by atoms with Crippen LogP contribution in [-0.4, -0.2) is 42.5 Å². The summed E-state index contributed by atoms with van der Waals surface area (Å²) in [5, 5.41) is 0.525. The Morgan fingerprint density at radius 1 is 1.04 bits per heavy atom. The maximum absolute atomic E-state index is 12.9. The number of carbonyl (C=O) groups is 1. The Labute approximate surface area is 164 Å². The zero-order chi connectivity index (χ0) is 19.7. The van der Waals surface area contributed by atoms with E-state index in [0.717, 1.165) is 16.5 Å². The Balaban J connectivity index is 1.49. The molecule has 0 bridgehead atoms. The topological polar surface area (TPSA) is 67.3 Å². The average Bonchev–Trinajstić information content (AvgIpc) is 2.74. The number of fused-ring (bicyclic) bond motifs is 1. The number of sulfone groups is 1. The molecule has 1 aliphatic rings. The number of hydrogen-bond acceptors (Lipinski definition) is 4. The fourth-order valence-electron chi connectivity index (χ4n) is 3.77. The van der Waals surface area contributed by atoms with Crippen LogP contribution in [0.4, 0.5) is 0 Å². The van der Waals surface area contributed by atoms with Crippen LogP contribution in [0.15, 0.2) is 65.7 Å². The Morgan fingerprint density at radius 2 is 1.75 bits per heavy atom. The maximum atomic E-state index is 12.9. The molecule has 0 atom stereocenters. The van der Waals surface area contributed by atoms with Crippen molar-refractivity contribution in [3.05, 3.63) is 71.9 Å². The monoisotopic (exact) mass is 394 g/mol. The van der Waals surface area contributed by atoms with Gasteiger partial charge in [-0.1, -0.05) is 18.2 Å². The number of rotatable bonds is 3. The fourth-order valence-corrected chi connectivity index (χ4v) is 5.52. The molecule has 0 unspecified atom stereocenters. The molecule has 0 saturated carbocycles. The van der Waals surface area contributed by atoms with Gasteiger partial charge in [-0.3, -0.25) is 9.78 Å². The van der Waals surface area contributed by atoms with Gasteiger partial charge in [-0.05, 0) is 61.7 Å². The molecule has 1 amide bonds. The molecule has 0 N–H and O–H groups in total. The maximum Gasteiger partial charge on any atom is 0.253 e. The minimum Gasteiger partial charge on any atom is -0.339 e. The van der Waals surface area contributed by atoms with Gasteiger partial charge in [0.2, 0.25) is 0 Å². The van der Waals surface area contributed by atoms with Crippen LogP contribution in [0.3, 0.4) is 0 Å². The van der Waals surface area contributed by atoms with Gasteiger partial charge in [0.05, 0.1) is 15.7 Å². The van der Waals surface area contributed by atoms with Crippen LogP contribution in [0.1, 0.15) is 28.8 Å². The molecule has 5 nitrogen and oxygen atoms in total. The number of amides is 1.